The Morgan fingerprint density at radius 3 is 2.90 bits per heavy atom. The summed E-state index contributed by atoms with van der Waals surface area (Å²) in [5.74, 6) is 1.89. The summed E-state index contributed by atoms with van der Waals surface area (Å²) in [7, 11) is 0. The maximum atomic E-state index is 12.7. The van der Waals surface area contributed by atoms with Crippen molar-refractivity contribution in [3.05, 3.63) is 66.3 Å². The second-order valence-corrected chi connectivity index (χ2v) is 7.64. The largest absolute Gasteiger partial charge is 0.342 e. The van der Waals surface area contributed by atoms with Gasteiger partial charge in [0.05, 0.1) is 0 Å². The minimum absolute atomic E-state index is 0.231. The molecule has 1 aromatic carbocycles. The molecule has 0 saturated carbocycles. The van der Waals surface area contributed by atoms with Crippen LogP contribution in [0.25, 0.3) is 11.4 Å². The summed E-state index contributed by atoms with van der Waals surface area (Å²) in [6.45, 7) is 1.73. The van der Waals surface area contributed by atoms with E-state index in [4.69, 9.17) is 4.52 Å². The predicted molar refractivity (Wildman–Crippen MR) is 110 cm³/mol. The van der Waals surface area contributed by atoms with E-state index < -0.39 is 0 Å². The molecular weight excluding hydrogens is 364 g/mol. The van der Waals surface area contributed by atoms with Crippen LogP contribution in [0.5, 0.6) is 0 Å². The zero-order chi connectivity index (χ0) is 19.9. The molecule has 1 saturated heterocycles. The van der Waals surface area contributed by atoms with Gasteiger partial charge in [0.15, 0.2) is 0 Å². The number of amides is 1. The number of rotatable bonds is 7. The highest BCUT2D eigenvalue weighted by molar-refractivity contribution is 5.76. The van der Waals surface area contributed by atoms with Crippen molar-refractivity contribution in [3.8, 4) is 11.4 Å². The van der Waals surface area contributed by atoms with Crippen molar-refractivity contribution in [2.45, 2.75) is 38.5 Å². The van der Waals surface area contributed by atoms with Crippen molar-refractivity contribution in [3.63, 3.8) is 0 Å². The molecule has 1 aliphatic heterocycles. The molecule has 1 aliphatic rings. The van der Waals surface area contributed by atoms with E-state index in [1.165, 1.54) is 12.0 Å². The Balaban J connectivity index is 1.24. The molecule has 1 fully saturated rings. The third-order valence-electron chi connectivity index (χ3n) is 5.41. The van der Waals surface area contributed by atoms with Crippen molar-refractivity contribution >= 4 is 5.91 Å². The van der Waals surface area contributed by atoms with E-state index in [0.717, 1.165) is 31.5 Å². The number of aryl methyl sites for hydroxylation is 1. The zero-order valence-electron chi connectivity index (χ0n) is 16.5. The van der Waals surface area contributed by atoms with Gasteiger partial charge in [0.2, 0.25) is 17.6 Å². The van der Waals surface area contributed by atoms with E-state index >= 15 is 0 Å². The average molecular weight is 390 g/mol. The van der Waals surface area contributed by atoms with Gasteiger partial charge in [-0.25, -0.2) is 0 Å². The van der Waals surface area contributed by atoms with Gasteiger partial charge in [-0.15, -0.1) is 0 Å². The minimum Gasteiger partial charge on any atom is -0.342 e. The fraction of sp³-hybridized carbons (Fsp3) is 0.391. The number of piperidine rings is 1. The number of likely N-dealkylation sites (tertiary alicyclic amines) is 1. The Kier molecular flexibility index (Phi) is 6.29. The van der Waals surface area contributed by atoms with Gasteiger partial charge in [0.1, 0.15) is 0 Å². The van der Waals surface area contributed by atoms with E-state index in [1.807, 2.05) is 23.1 Å². The number of nitrogens with zero attached hydrogens (tertiary/aromatic N) is 4. The molecule has 3 aromatic rings. The highest BCUT2D eigenvalue weighted by atomic mass is 16.5. The molecule has 0 aliphatic carbocycles. The first kappa shape index (κ1) is 19.3. The first-order valence-electron chi connectivity index (χ1n) is 10.3. The summed E-state index contributed by atoms with van der Waals surface area (Å²) in [6, 6.07) is 14.3. The Labute approximate surface area is 171 Å². The van der Waals surface area contributed by atoms with Crippen molar-refractivity contribution in [2.75, 3.05) is 13.1 Å². The molecule has 1 unspecified atom stereocenters. The second-order valence-electron chi connectivity index (χ2n) is 7.64. The standard InChI is InChI=1S/C23H26N4O2/c28-22(27-14-6-9-19(17-27)15-18-7-2-1-3-8-18)12-4-11-21-25-23(26-29-21)20-10-5-13-24-16-20/h1-3,5,7-8,10,13,16,19H,4,6,9,11-12,14-15,17H2. The number of hydrogen-bond acceptors (Lipinski definition) is 5. The van der Waals surface area contributed by atoms with Crippen LogP contribution in [0.4, 0.5) is 0 Å². The third-order valence-corrected chi connectivity index (χ3v) is 5.41. The van der Waals surface area contributed by atoms with Crippen LogP contribution in [-0.4, -0.2) is 39.0 Å². The Morgan fingerprint density at radius 2 is 2.07 bits per heavy atom. The van der Waals surface area contributed by atoms with Crippen LogP contribution in [0.1, 0.15) is 37.1 Å². The number of benzene rings is 1. The Bertz CT molecular complexity index is 911. The highest BCUT2D eigenvalue weighted by Gasteiger charge is 2.23. The van der Waals surface area contributed by atoms with Gasteiger partial charge in [-0.2, -0.15) is 4.98 Å². The number of hydrogen-bond donors (Lipinski definition) is 0. The SMILES string of the molecule is O=C(CCCc1nc(-c2cccnc2)no1)N1CCCC(Cc2ccccc2)C1. The van der Waals surface area contributed by atoms with Gasteiger partial charge in [-0.1, -0.05) is 35.5 Å². The summed E-state index contributed by atoms with van der Waals surface area (Å²) >= 11 is 0. The first-order chi connectivity index (χ1) is 14.3. The Morgan fingerprint density at radius 1 is 1.17 bits per heavy atom. The normalized spacial score (nSPS) is 16.7. The molecule has 1 atom stereocenters. The van der Waals surface area contributed by atoms with E-state index in [1.54, 1.807) is 12.4 Å². The van der Waals surface area contributed by atoms with Crippen molar-refractivity contribution in [1.29, 1.82) is 0 Å². The molecule has 0 bridgehead atoms. The van der Waals surface area contributed by atoms with Crippen molar-refractivity contribution in [1.82, 2.24) is 20.0 Å². The summed E-state index contributed by atoms with van der Waals surface area (Å²) < 4.78 is 5.32. The molecule has 4 rings (SSSR count). The summed E-state index contributed by atoms with van der Waals surface area (Å²) in [6.07, 6.45) is 8.58. The molecule has 6 heteroatoms. The quantitative estimate of drug-likeness (QED) is 0.611. The fourth-order valence-electron chi connectivity index (χ4n) is 3.92. The second kappa shape index (κ2) is 9.45. The molecule has 0 N–H and O–H groups in total. The summed E-state index contributed by atoms with van der Waals surface area (Å²) in [4.78, 5) is 23.2. The van der Waals surface area contributed by atoms with Crippen LogP contribution in [0.2, 0.25) is 0 Å². The predicted octanol–water partition coefficient (Wildman–Crippen LogP) is 3.94. The minimum atomic E-state index is 0.231. The zero-order valence-corrected chi connectivity index (χ0v) is 16.5. The van der Waals surface area contributed by atoms with E-state index in [2.05, 4.69) is 39.4 Å². The third kappa shape index (κ3) is 5.28. The average Bonchev–Trinajstić information content (AvgIpc) is 3.24. The molecule has 3 heterocycles. The van der Waals surface area contributed by atoms with Gasteiger partial charge in [-0.3, -0.25) is 9.78 Å². The van der Waals surface area contributed by atoms with Gasteiger partial charge in [-0.05, 0) is 49.3 Å². The molecule has 29 heavy (non-hydrogen) atoms. The van der Waals surface area contributed by atoms with E-state index in [-0.39, 0.29) is 5.91 Å². The fourth-order valence-corrected chi connectivity index (χ4v) is 3.92. The van der Waals surface area contributed by atoms with Gasteiger partial charge < -0.3 is 9.42 Å². The molecular formula is C23H26N4O2. The van der Waals surface area contributed by atoms with Gasteiger partial charge in [0.25, 0.3) is 0 Å². The van der Waals surface area contributed by atoms with Crippen molar-refractivity contribution in [2.24, 2.45) is 5.92 Å². The number of carbonyl (C=O) groups is 1. The topological polar surface area (TPSA) is 72.1 Å². The van der Waals surface area contributed by atoms with Crippen LogP contribution >= 0.6 is 0 Å². The Hall–Kier alpha value is -3.02. The lowest BCUT2D eigenvalue weighted by Crippen LogP contribution is -2.40. The first-order valence-corrected chi connectivity index (χ1v) is 10.3. The smallest absolute Gasteiger partial charge is 0.226 e. The number of carbonyl (C=O) groups excluding carboxylic acids is 1. The maximum absolute atomic E-state index is 12.7. The summed E-state index contributed by atoms with van der Waals surface area (Å²) in [5.41, 5.74) is 2.18. The van der Waals surface area contributed by atoms with Crippen LogP contribution in [0.15, 0.2) is 59.4 Å². The molecule has 6 nitrogen and oxygen atoms in total. The van der Waals surface area contributed by atoms with E-state index in [0.29, 0.717) is 36.9 Å². The van der Waals surface area contributed by atoms with Crippen LogP contribution in [0.3, 0.4) is 0 Å². The van der Waals surface area contributed by atoms with Crippen molar-refractivity contribution < 1.29 is 9.32 Å². The van der Waals surface area contributed by atoms with E-state index in [9.17, 15) is 4.79 Å². The van der Waals surface area contributed by atoms with Crippen LogP contribution < -0.4 is 0 Å². The summed E-state index contributed by atoms with van der Waals surface area (Å²) in [5, 5.41) is 4.00. The highest BCUT2D eigenvalue weighted by Crippen LogP contribution is 2.22. The lowest BCUT2D eigenvalue weighted by molar-refractivity contribution is -0.133. The molecule has 0 radical (unpaired) electrons. The lowest BCUT2D eigenvalue weighted by Gasteiger charge is -2.33. The monoisotopic (exact) mass is 390 g/mol. The number of pyridine rings is 1. The molecule has 150 valence electrons. The van der Waals surface area contributed by atoms with Gasteiger partial charge >= 0.3 is 0 Å². The number of aromatic nitrogens is 3. The molecule has 0 spiro atoms. The lowest BCUT2D eigenvalue weighted by atomic mass is 9.91. The van der Waals surface area contributed by atoms with Gasteiger partial charge in [0, 0.05) is 43.9 Å². The van der Waals surface area contributed by atoms with Crippen LogP contribution in [-0.2, 0) is 17.6 Å². The van der Waals surface area contributed by atoms with Crippen LogP contribution in [0, 0.1) is 5.92 Å². The maximum Gasteiger partial charge on any atom is 0.226 e. The molecule has 1 amide bonds. The molecule has 2 aromatic heterocycles.